The zero-order valence-electron chi connectivity index (χ0n) is 13.0. The van der Waals surface area contributed by atoms with Gasteiger partial charge >= 0.3 is 0 Å². The van der Waals surface area contributed by atoms with Gasteiger partial charge in [0.2, 0.25) is 5.89 Å². The van der Waals surface area contributed by atoms with E-state index in [2.05, 4.69) is 9.97 Å². The Morgan fingerprint density at radius 3 is 2.52 bits per heavy atom. The summed E-state index contributed by atoms with van der Waals surface area (Å²) in [5.41, 5.74) is 5.94. The molecule has 2 N–H and O–H groups in total. The molecule has 6 nitrogen and oxygen atoms in total. The highest BCUT2D eigenvalue weighted by Gasteiger charge is 2.11. The molecule has 0 atom stereocenters. The normalized spacial score (nSPS) is 10.8. The van der Waals surface area contributed by atoms with Gasteiger partial charge in [0.1, 0.15) is 5.52 Å². The molecule has 2 aromatic carbocycles. The maximum atomic E-state index is 11.5. The minimum atomic E-state index is -0.590. The van der Waals surface area contributed by atoms with E-state index in [0.717, 1.165) is 16.7 Å². The maximum absolute atomic E-state index is 11.5. The van der Waals surface area contributed by atoms with Crippen molar-refractivity contribution in [2.45, 2.75) is 0 Å². The third kappa shape index (κ3) is 2.86. The summed E-state index contributed by atoms with van der Waals surface area (Å²) in [6.45, 7) is 0. The average molecular weight is 331 g/mol. The lowest BCUT2D eigenvalue weighted by atomic mass is 10.1. The third-order valence-corrected chi connectivity index (χ3v) is 3.88. The summed E-state index contributed by atoms with van der Waals surface area (Å²) in [7, 11) is 0. The minimum absolute atomic E-state index is 0.307. The van der Waals surface area contributed by atoms with Gasteiger partial charge in [0, 0.05) is 23.5 Å². The molecule has 122 valence electrons. The highest BCUT2D eigenvalue weighted by molar-refractivity contribution is 5.96. The molecule has 1 amide bonds. The number of nitrogens with zero attached hydrogens (tertiary/aromatic N) is 2. The summed E-state index contributed by atoms with van der Waals surface area (Å²) in [4.78, 5) is 20.0. The molecule has 2 heterocycles. The van der Waals surface area contributed by atoms with Crippen LogP contribution in [0.25, 0.3) is 33.7 Å². The monoisotopic (exact) mass is 331 g/mol. The Morgan fingerprint density at radius 1 is 1.00 bits per heavy atom. The molecule has 25 heavy (non-hydrogen) atoms. The van der Waals surface area contributed by atoms with Crippen LogP contribution in [0.3, 0.4) is 0 Å². The number of carbonyl (C=O) groups is 1. The second-order valence-electron chi connectivity index (χ2n) is 5.46. The molecule has 2 aromatic heterocycles. The van der Waals surface area contributed by atoms with Gasteiger partial charge in [-0.05, 0) is 47.5 Å². The molecule has 6 heteroatoms. The quantitative estimate of drug-likeness (QED) is 0.442. The number of nitrogens with one attached hydrogen (secondary N) is 1. The predicted octanol–water partition coefficient (Wildman–Crippen LogP) is 3.68. The Labute approximate surface area is 142 Å². The second-order valence-corrected chi connectivity index (χ2v) is 5.46. The van der Waals surface area contributed by atoms with Crippen molar-refractivity contribution in [2.24, 2.45) is 0 Å². The second kappa shape index (κ2) is 6.18. The van der Waals surface area contributed by atoms with Gasteiger partial charge in [0.05, 0.1) is 0 Å². The van der Waals surface area contributed by atoms with Crippen LogP contribution in [0.4, 0.5) is 0 Å². The van der Waals surface area contributed by atoms with Gasteiger partial charge in [0.25, 0.3) is 5.91 Å². The number of carbonyl (C=O) groups excluding carboxylic acids is 1. The summed E-state index contributed by atoms with van der Waals surface area (Å²) in [6.07, 6.45) is 3.55. The van der Waals surface area contributed by atoms with Crippen molar-refractivity contribution in [1.29, 1.82) is 0 Å². The first kappa shape index (κ1) is 15.0. The lowest BCUT2D eigenvalue weighted by molar-refractivity contribution is 0.0706. The van der Waals surface area contributed by atoms with E-state index in [-0.39, 0.29) is 0 Å². The highest BCUT2D eigenvalue weighted by Crippen LogP contribution is 2.27. The number of amides is 1. The topological polar surface area (TPSA) is 88.2 Å². The molecular formula is C19H13N3O3. The molecule has 0 aliphatic rings. The van der Waals surface area contributed by atoms with Crippen molar-refractivity contribution < 1.29 is 14.4 Å². The van der Waals surface area contributed by atoms with Gasteiger partial charge < -0.3 is 4.42 Å². The van der Waals surface area contributed by atoms with Crippen LogP contribution in [0.1, 0.15) is 10.4 Å². The Balaban J connectivity index is 1.68. The number of benzene rings is 2. The number of pyridine rings is 1. The summed E-state index contributed by atoms with van der Waals surface area (Å²) >= 11 is 0. The average Bonchev–Trinajstić information content (AvgIpc) is 3.11. The van der Waals surface area contributed by atoms with E-state index in [4.69, 9.17) is 9.62 Å². The summed E-state index contributed by atoms with van der Waals surface area (Å²) in [5, 5.41) is 8.72. The summed E-state index contributed by atoms with van der Waals surface area (Å²) in [5.74, 6) is -0.124. The molecule has 0 aliphatic heterocycles. The van der Waals surface area contributed by atoms with Crippen LogP contribution in [0.15, 0.2) is 71.4 Å². The molecule has 4 rings (SSSR count). The molecule has 0 bridgehead atoms. The lowest BCUT2D eigenvalue weighted by Gasteiger charge is -2.01. The number of hydrogen-bond donors (Lipinski definition) is 2. The van der Waals surface area contributed by atoms with E-state index in [1.807, 2.05) is 42.6 Å². The number of hydrogen-bond acceptors (Lipinski definition) is 5. The van der Waals surface area contributed by atoms with E-state index in [9.17, 15) is 4.79 Å². The van der Waals surface area contributed by atoms with Crippen LogP contribution in [-0.4, -0.2) is 21.1 Å². The van der Waals surface area contributed by atoms with E-state index < -0.39 is 5.91 Å². The first-order valence-corrected chi connectivity index (χ1v) is 7.60. The van der Waals surface area contributed by atoms with Crippen molar-refractivity contribution in [3.63, 3.8) is 0 Å². The van der Waals surface area contributed by atoms with Crippen molar-refractivity contribution >= 4 is 17.0 Å². The number of aromatic nitrogens is 2. The van der Waals surface area contributed by atoms with Gasteiger partial charge in [-0.3, -0.25) is 15.0 Å². The molecule has 0 saturated carbocycles. The number of hydroxylamine groups is 1. The van der Waals surface area contributed by atoms with Crippen molar-refractivity contribution in [1.82, 2.24) is 15.4 Å². The van der Waals surface area contributed by atoms with Crippen molar-refractivity contribution in [3.05, 3.63) is 72.6 Å². The van der Waals surface area contributed by atoms with Crippen molar-refractivity contribution in [3.8, 4) is 22.6 Å². The van der Waals surface area contributed by atoms with E-state index >= 15 is 0 Å². The van der Waals surface area contributed by atoms with E-state index in [1.165, 1.54) is 0 Å². The van der Waals surface area contributed by atoms with E-state index in [1.54, 1.807) is 29.9 Å². The van der Waals surface area contributed by atoms with Crippen LogP contribution >= 0.6 is 0 Å². The fourth-order valence-electron chi connectivity index (χ4n) is 2.60. The smallest absolute Gasteiger partial charge is 0.274 e. The SMILES string of the molecule is O=C(NO)c1ccc2oc(-c3ccc(-c4cccnc4)cc3)nc2c1. The standard InChI is InChI=1S/C19H13N3O3/c23-18(22-24)14-7-8-17-16(10-14)21-19(25-17)13-5-3-12(4-6-13)15-2-1-9-20-11-15/h1-11,24H,(H,22,23). The predicted molar refractivity (Wildman–Crippen MR) is 91.9 cm³/mol. The van der Waals surface area contributed by atoms with Crippen LogP contribution < -0.4 is 5.48 Å². The van der Waals surface area contributed by atoms with Crippen LogP contribution in [0, 0.1) is 0 Å². The molecule has 0 unspecified atom stereocenters. The van der Waals surface area contributed by atoms with Crippen LogP contribution in [0.5, 0.6) is 0 Å². The maximum Gasteiger partial charge on any atom is 0.274 e. The summed E-state index contributed by atoms with van der Waals surface area (Å²) < 4.78 is 5.75. The Bertz CT molecular complexity index is 1040. The Hall–Kier alpha value is -3.51. The molecule has 0 radical (unpaired) electrons. The zero-order chi connectivity index (χ0) is 17.2. The van der Waals surface area contributed by atoms with Gasteiger partial charge in [-0.25, -0.2) is 10.5 Å². The number of fused-ring (bicyclic) bond motifs is 1. The fraction of sp³-hybridized carbons (Fsp3) is 0. The molecule has 0 fully saturated rings. The number of rotatable bonds is 3. The van der Waals surface area contributed by atoms with Crippen molar-refractivity contribution in [2.75, 3.05) is 0 Å². The first-order valence-electron chi connectivity index (χ1n) is 7.60. The number of oxazole rings is 1. The largest absolute Gasteiger partial charge is 0.436 e. The molecular weight excluding hydrogens is 318 g/mol. The van der Waals surface area contributed by atoms with Crippen LogP contribution in [-0.2, 0) is 0 Å². The summed E-state index contributed by atoms with van der Waals surface area (Å²) in [6, 6.07) is 16.5. The van der Waals surface area contributed by atoms with E-state index in [0.29, 0.717) is 22.6 Å². The van der Waals surface area contributed by atoms with Gasteiger partial charge in [-0.15, -0.1) is 0 Å². The van der Waals surface area contributed by atoms with Gasteiger partial charge in [-0.2, -0.15) is 0 Å². The lowest BCUT2D eigenvalue weighted by Crippen LogP contribution is -2.18. The minimum Gasteiger partial charge on any atom is -0.436 e. The highest BCUT2D eigenvalue weighted by atomic mass is 16.5. The Morgan fingerprint density at radius 2 is 1.80 bits per heavy atom. The molecule has 0 spiro atoms. The Kier molecular flexibility index (Phi) is 3.72. The first-order chi connectivity index (χ1) is 12.2. The molecule has 0 saturated heterocycles. The zero-order valence-corrected chi connectivity index (χ0v) is 13.0. The third-order valence-electron chi connectivity index (χ3n) is 3.88. The molecule has 0 aliphatic carbocycles. The van der Waals surface area contributed by atoms with Gasteiger partial charge in [0.15, 0.2) is 5.58 Å². The fourth-order valence-corrected chi connectivity index (χ4v) is 2.60. The molecule has 4 aromatic rings. The van der Waals surface area contributed by atoms with Gasteiger partial charge in [-0.1, -0.05) is 18.2 Å². The van der Waals surface area contributed by atoms with Crippen LogP contribution in [0.2, 0.25) is 0 Å².